The van der Waals surface area contributed by atoms with Crippen molar-refractivity contribution < 1.29 is 5.11 Å². The lowest BCUT2D eigenvalue weighted by Gasteiger charge is -2.33. The summed E-state index contributed by atoms with van der Waals surface area (Å²) in [4.78, 5) is 4.50. The lowest BCUT2D eigenvalue weighted by molar-refractivity contribution is 0.0380. The molecule has 0 saturated heterocycles. The van der Waals surface area contributed by atoms with Gasteiger partial charge in [0.05, 0.1) is 17.2 Å². The van der Waals surface area contributed by atoms with Gasteiger partial charge in [-0.1, -0.05) is 66.2 Å². The highest BCUT2D eigenvalue weighted by atomic mass is 16.3. The van der Waals surface area contributed by atoms with Gasteiger partial charge in [-0.2, -0.15) is 0 Å². The van der Waals surface area contributed by atoms with E-state index in [2.05, 4.69) is 4.98 Å². The first-order chi connectivity index (χ1) is 11.1. The molecule has 0 bridgehead atoms. The topological polar surface area (TPSA) is 33.1 Å². The third kappa shape index (κ3) is 3.17. The molecule has 3 rings (SSSR count). The van der Waals surface area contributed by atoms with Crippen molar-refractivity contribution in [2.24, 2.45) is 0 Å². The molecule has 2 aromatic carbocycles. The van der Waals surface area contributed by atoms with Crippen LogP contribution in [0.2, 0.25) is 0 Å². The van der Waals surface area contributed by atoms with E-state index in [0.717, 1.165) is 16.8 Å². The number of hydrogen-bond donors (Lipinski definition) is 1. The van der Waals surface area contributed by atoms with E-state index in [1.165, 1.54) is 5.56 Å². The summed E-state index contributed by atoms with van der Waals surface area (Å²) in [7, 11) is 0. The van der Waals surface area contributed by atoms with Gasteiger partial charge in [0.15, 0.2) is 0 Å². The third-order valence-electron chi connectivity index (χ3n) is 4.31. The first-order valence-corrected chi connectivity index (χ1v) is 7.84. The van der Waals surface area contributed by atoms with Crippen LogP contribution in [0, 0.1) is 6.92 Å². The SMILES string of the molecule is Cc1ccc([C@](C)(O)[C@@H](c2ccccc2)c2ccccn2)cc1. The second-order valence-corrected chi connectivity index (χ2v) is 6.11. The van der Waals surface area contributed by atoms with Crippen LogP contribution >= 0.6 is 0 Å². The van der Waals surface area contributed by atoms with Gasteiger partial charge in [-0.15, -0.1) is 0 Å². The van der Waals surface area contributed by atoms with E-state index in [1.807, 2.05) is 86.6 Å². The Labute approximate surface area is 137 Å². The molecule has 23 heavy (non-hydrogen) atoms. The van der Waals surface area contributed by atoms with Crippen molar-refractivity contribution in [3.8, 4) is 0 Å². The molecule has 2 atom stereocenters. The van der Waals surface area contributed by atoms with Gasteiger partial charge in [-0.3, -0.25) is 4.98 Å². The normalized spacial score (nSPS) is 14.9. The van der Waals surface area contributed by atoms with E-state index >= 15 is 0 Å². The number of nitrogens with zero attached hydrogens (tertiary/aromatic N) is 1. The molecule has 0 fully saturated rings. The van der Waals surface area contributed by atoms with Crippen LogP contribution in [0.4, 0.5) is 0 Å². The second kappa shape index (κ2) is 6.35. The zero-order valence-electron chi connectivity index (χ0n) is 13.5. The Morgan fingerprint density at radius 1 is 0.870 bits per heavy atom. The van der Waals surface area contributed by atoms with Gasteiger partial charge >= 0.3 is 0 Å². The summed E-state index contributed by atoms with van der Waals surface area (Å²) in [5.74, 6) is -0.229. The minimum atomic E-state index is -1.05. The van der Waals surface area contributed by atoms with Crippen molar-refractivity contribution in [2.45, 2.75) is 25.4 Å². The monoisotopic (exact) mass is 303 g/mol. The number of aliphatic hydroxyl groups is 1. The molecule has 0 saturated carbocycles. The number of rotatable bonds is 4. The fraction of sp³-hybridized carbons (Fsp3) is 0.190. The lowest BCUT2D eigenvalue weighted by atomic mass is 9.76. The molecule has 1 aromatic heterocycles. The molecule has 0 unspecified atom stereocenters. The predicted octanol–water partition coefficient (Wildman–Crippen LogP) is 4.43. The Hall–Kier alpha value is -2.45. The summed E-state index contributed by atoms with van der Waals surface area (Å²) >= 11 is 0. The van der Waals surface area contributed by atoms with E-state index in [-0.39, 0.29) is 5.92 Å². The number of aryl methyl sites for hydroxylation is 1. The summed E-state index contributed by atoms with van der Waals surface area (Å²) in [6, 6.07) is 23.9. The summed E-state index contributed by atoms with van der Waals surface area (Å²) in [6.45, 7) is 3.91. The molecule has 0 aliphatic heterocycles. The first kappa shape index (κ1) is 15.4. The molecule has 0 aliphatic rings. The van der Waals surface area contributed by atoms with E-state index in [4.69, 9.17) is 0 Å². The largest absolute Gasteiger partial charge is 0.384 e. The van der Waals surface area contributed by atoms with Crippen LogP contribution in [0.3, 0.4) is 0 Å². The molecule has 0 aliphatic carbocycles. The quantitative estimate of drug-likeness (QED) is 0.773. The van der Waals surface area contributed by atoms with Crippen LogP contribution in [0.5, 0.6) is 0 Å². The summed E-state index contributed by atoms with van der Waals surface area (Å²) in [5.41, 5.74) is 2.94. The van der Waals surface area contributed by atoms with E-state index in [1.54, 1.807) is 6.20 Å². The molecule has 3 aromatic rings. The molecule has 0 amide bonds. The smallest absolute Gasteiger partial charge is 0.0992 e. The first-order valence-electron chi connectivity index (χ1n) is 7.84. The fourth-order valence-electron chi connectivity index (χ4n) is 3.03. The zero-order valence-corrected chi connectivity index (χ0v) is 13.5. The molecule has 0 spiro atoms. The summed E-state index contributed by atoms with van der Waals surface area (Å²) in [5, 5.41) is 11.4. The van der Waals surface area contributed by atoms with Gasteiger partial charge in [-0.25, -0.2) is 0 Å². The van der Waals surface area contributed by atoms with Gasteiger partial charge in [0, 0.05) is 6.20 Å². The standard InChI is InChI=1S/C21H21NO/c1-16-11-13-18(14-12-16)21(2,23)20(17-8-4-3-5-9-17)19-10-6-7-15-22-19/h3-15,20,23H,1-2H3/t20-,21-/m0/s1. The number of pyridine rings is 1. The average Bonchev–Trinajstić information content (AvgIpc) is 2.57. The fourth-order valence-corrected chi connectivity index (χ4v) is 3.03. The van der Waals surface area contributed by atoms with E-state index < -0.39 is 5.60 Å². The second-order valence-electron chi connectivity index (χ2n) is 6.11. The predicted molar refractivity (Wildman–Crippen MR) is 93.3 cm³/mol. The van der Waals surface area contributed by atoms with Crippen molar-refractivity contribution in [3.05, 3.63) is 101 Å². The van der Waals surface area contributed by atoms with Gasteiger partial charge in [0.1, 0.15) is 0 Å². The maximum Gasteiger partial charge on any atom is 0.0992 e. The van der Waals surface area contributed by atoms with Gasteiger partial charge < -0.3 is 5.11 Å². The minimum absolute atomic E-state index is 0.229. The van der Waals surface area contributed by atoms with Crippen LogP contribution < -0.4 is 0 Å². The van der Waals surface area contributed by atoms with Gasteiger partial charge in [0.25, 0.3) is 0 Å². The Kier molecular flexibility index (Phi) is 4.26. The zero-order chi connectivity index (χ0) is 16.3. The highest BCUT2D eigenvalue weighted by Crippen LogP contribution is 2.40. The maximum absolute atomic E-state index is 11.4. The highest BCUT2D eigenvalue weighted by Gasteiger charge is 2.36. The Balaban J connectivity index is 2.13. The highest BCUT2D eigenvalue weighted by molar-refractivity contribution is 5.38. The number of aromatic nitrogens is 1. The Morgan fingerprint density at radius 3 is 2.13 bits per heavy atom. The van der Waals surface area contributed by atoms with Gasteiger partial charge in [0.2, 0.25) is 0 Å². The van der Waals surface area contributed by atoms with Crippen LogP contribution in [0.25, 0.3) is 0 Å². The van der Waals surface area contributed by atoms with Crippen molar-refractivity contribution in [3.63, 3.8) is 0 Å². The van der Waals surface area contributed by atoms with E-state index in [9.17, 15) is 5.11 Å². The molecule has 1 heterocycles. The van der Waals surface area contributed by atoms with Crippen molar-refractivity contribution >= 4 is 0 Å². The Bertz CT molecular complexity index is 709. The molecule has 116 valence electrons. The molecule has 0 radical (unpaired) electrons. The van der Waals surface area contributed by atoms with Crippen molar-refractivity contribution in [2.75, 3.05) is 0 Å². The minimum Gasteiger partial charge on any atom is -0.384 e. The van der Waals surface area contributed by atoms with Gasteiger partial charge in [-0.05, 0) is 37.1 Å². The average molecular weight is 303 g/mol. The number of hydrogen-bond acceptors (Lipinski definition) is 2. The van der Waals surface area contributed by atoms with Crippen LogP contribution in [-0.4, -0.2) is 10.1 Å². The van der Waals surface area contributed by atoms with Crippen molar-refractivity contribution in [1.82, 2.24) is 4.98 Å². The van der Waals surface area contributed by atoms with Crippen LogP contribution in [0.1, 0.15) is 35.2 Å². The molecular formula is C21H21NO. The summed E-state index contributed by atoms with van der Waals surface area (Å²) in [6.07, 6.45) is 1.77. The third-order valence-corrected chi connectivity index (χ3v) is 4.31. The maximum atomic E-state index is 11.4. The number of benzene rings is 2. The molecular weight excluding hydrogens is 282 g/mol. The van der Waals surface area contributed by atoms with Crippen LogP contribution in [-0.2, 0) is 5.60 Å². The van der Waals surface area contributed by atoms with E-state index in [0.29, 0.717) is 0 Å². The van der Waals surface area contributed by atoms with Crippen LogP contribution in [0.15, 0.2) is 79.0 Å². The molecule has 2 heteroatoms. The summed E-state index contributed by atoms with van der Waals surface area (Å²) < 4.78 is 0. The molecule has 1 N–H and O–H groups in total. The Morgan fingerprint density at radius 2 is 1.52 bits per heavy atom. The molecule has 2 nitrogen and oxygen atoms in total. The lowest BCUT2D eigenvalue weighted by Crippen LogP contribution is -2.31. The van der Waals surface area contributed by atoms with Crippen molar-refractivity contribution in [1.29, 1.82) is 0 Å².